The lowest BCUT2D eigenvalue weighted by Crippen LogP contribution is -2.14. The number of anilines is 1. The van der Waals surface area contributed by atoms with E-state index in [4.69, 9.17) is 0 Å². The molecule has 3 N–H and O–H groups in total. The van der Waals surface area contributed by atoms with E-state index < -0.39 is 6.10 Å². The Hall–Kier alpha value is -3.33. The summed E-state index contributed by atoms with van der Waals surface area (Å²) in [7, 11) is 1.82. The van der Waals surface area contributed by atoms with Crippen LogP contribution in [0.4, 0.5) is 10.2 Å². The summed E-state index contributed by atoms with van der Waals surface area (Å²) in [6, 6.07) is 6.34. The Labute approximate surface area is 161 Å². The maximum absolute atomic E-state index is 12.7. The van der Waals surface area contributed by atoms with Gasteiger partial charge in [-0.2, -0.15) is 0 Å². The predicted molar refractivity (Wildman–Crippen MR) is 105 cm³/mol. The van der Waals surface area contributed by atoms with E-state index in [1.165, 1.54) is 25.3 Å². The number of nitrogens with zero attached hydrogens (tertiary/aromatic N) is 5. The van der Waals surface area contributed by atoms with Gasteiger partial charge < -0.3 is 20.1 Å². The van der Waals surface area contributed by atoms with Gasteiger partial charge in [-0.15, -0.1) is 0 Å². The number of aromatic nitrogens is 4. The molecule has 1 aromatic carbocycles. The number of aliphatic hydroxyl groups excluding tert-OH is 1. The number of aromatic hydroxyl groups is 1. The first-order valence-corrected chi connectivity index (χ1v) is 8.66. The first kappa shape index (κ1) is 19.4. The average molecular weight is 384 g/mol. The molecule has 0 spiro atoms. The van der Waals surface area contributed by atoms with Crippen LogP contribution in [0, 0.1) is 0 Å². The lowest BCUT2D eigenvalue weighted by atomic mass is 10.1. The summed E-state index contributed by atoms with van der Waals surface area (Å²) < 4.78 is 14.5. The number of halogens is 1. The summed E-state index contributed by atoms with van der Waals surface area (Å²) in [4.78, 5) is 17.1. The zero-order valence-electron chi connectivity index (χ0n) is 15.5. The number of allylic oxidation sites excluding steroid dienone is 1. The fourth-order valence-corrected chi connectivity index (χ4v) is 2.56. The third-order valence-corrected chi connectivity index (χ3v) is 3.98. The minimum atomic E-state index is -0.794. The van der Waals surface area contributed by atoms with Gasteiger partial charge in [0.1, 0.15) is 22.9 Å². The Morgan fingerprint density at radius 1 is 1.32 bits per heavy atom. The quantitative estimate of drug-likeness (QED) is 0.541. The van der Waals surface area contributed by atoms with Crippen molar-refractivity contribution in [3.8, 4) is 5.75 Å². The summed E-state index contributed by atoms with van der Waals surface area (Å²) in [5.41, 5.74) is 1.88. The molecule has 3 aromatic rings. The van der Waals surface area contributed by atoms with Crippen molar-refractivity contribution in [2.75, 3.05) is 11.9 Å². The summed E-state index contributed by atoms with van der Waals surface area (Å²) in [5.74, 6) is 0.735. The Morgan fingerprint density at radius 2 is 2.07 bits per heavy atom. The van der Waals surface area contributed by atoms with Gasteiger partial charge in [0.15, 0.2) is 11.5 Å². The van der Waals surface area contributed by atoms with Crippen LogP contribution in [0.15, 0.2) is 47.6 Å². The number of hydrogen-bond donors (Lipinski definition) is 3. The first-order chi connectivity index (χ1) is 13.4. The second-order valence-corrected chi connectivity index (χ2v) is 6.26. The van der Waals surface area contributed by atoms with Crippen molar-refractivity contribution in [3.05, 3.63) is 54.0 Å². The molecule has 0 aliphatic rings. The van der Waals surface area contributed by atoms with Crippen molar-refractivity contribution < 1.29 is 14.6 Å². The Morgan fingerprint density at radius 3 is 2.79 bits per heavy atom. The largest absolute Gasteiger partial charge is 0.508 e. The molecule has 2 aromatic heterocycles. The summed E-state index contributed by atoms with van der Waals surface area (Å²) in [6.45, 7) is 1.52. The average Bonchev–Trinajstić information content (AvgIpc) is 3.04. The predicted octanol–water partition coefficient (Wildman–Crippen LogP) is 2.66. The van der Waals surface area contributed by atoms with Crippen molar-refractivity contribution in [2.45, 2.75) is 19.4 Å². The van der Waals surface area contributed by atoms with Gasteiger partial charge in [0, 0.05) is 26.2 Å². The normalized spacial score (nSPS) is 13.4. The van der Waals surface area contributed by atoms with Crippen molar-refractivity contribution in [1.29, 1.82) is 0 Å². The highest BCUT2D eigenvalue weighted by Gasteiger charge is 2.14. The Balaban J connectivity index is 1.79. The minimum Gasteiger partial charge on any atom is -0.508 e. The number of nitrogens with one attached hydrogen (secondary N) is 1. The van der Waals surface area contributed by atoms with E-state index in [-0.39, 0.29) is 18.1 Å². The Bertz CT molecular complexity index is 1010. The summed E-state index contributed by atoms with van der Waals surface area (Å²) in [5, 5.41) is 22.8. The van der Waals surface area contributed by atoms with Crippen molar-refractivity contribution >= 4 is 23.2 Å². The topological polar surface area (TPSA) is 108 Å². The smallest absolute Gasteiger partial charge is 0.165 e. The van der Waals surface area contributed by atoms with Gasteiger partial charge in [0.2, 0.25) is 0 Å². The number of imidazole rings is 1. The van der Waals surface area contributed by atoms with E-state index in [2.05, 4.69) is 25.3 Å². The third-order valence-electron chi connectivity index (χ3n) is 3.98. The van der Waals surface area contributed by atoms with Crippen LogP contribution in [-0.4, -0.2) is 42.5 Å². The molecule has 2 heterocycles. The molecule has 0 radical (unpaired) electrons. The lowest BCUT2D eigenvalue weighted by molar-refractivity contribution is 0.191. The molecule has 3 rings (SSSR count). The SMILES string of the molecule is C/C(F)=C\N=CCc1nc(NCC(O)c2ccc(O)cc2)c2ncn(C)c2n1. The van der Waals surface area contributed by atoms with Crippen LogP contribution in [0.5, 0.6) is 5.75 Å². The number of phenolic OH excluding ortho intramolecular Hbond substituents is 1. The molecule has 8 nitrogen and oxygen atoms in total. The van der Waals surface area contributed by atoms with Gasteiger partial charge in [-0.1, -0.05) is 12.1 Å². The van der Waals surface area contributed by atoms with Gasteiger partial charge in [0.05, 0.1) is 18.6 Å². The maximum atomic E-state index is 12.7. The Kier molecular flexibility index (Phi) is 5.95. The molecule has 0 fully saturated rings. The van der Waals surface area contributed by atoms with Gasteiger partial charge in [-0.3, -0.25) is 4.99 Å². The standard InChI is InChI=1S/C19H21FN6O2/c1-12(20)9-21-8-7-16-24-18(17-19(25-16)26(2)11-23-17)22-10-15(28)13-3-5-14(27)6-4-13/h3-6,8-9,11,15,27-28H,7,10H2,1-2H3,(H,22,24,25)/b12-9+,21-8?. The van der Waals surface area contributed by atoms with Gasteiger partial charge >= 0.3 is 0 Å². The van der Waals surface area contributed by atoms with Crippen LogP contribution in [0.25, 0.3) is 11.2 Å². The number of aryl methyl sites for hydroxylation is 1. The van der Waals surface area contributed by atoms with Gasteiger partial charge in [0.25, 0.3) is 0 Å². The molecule has 9 heteroatoms. The molecule has 0 amide bonds. The molecular formula is C19H21FN6O2. The van der Waals surface area contributed by atoms with Gasteiger partial charge in [-0.25, -0.2) is 19.3 Å². The number of fused-ring (bicyclic) bond motifs is 1. The van der Waals surface area contributed by atoms with Gasteiger partial charge in [-0.05, 0) is 24.6 Å². The van der Waals surface area contributed by atoms with Crippen LogP contribution < -0.4 is 5.32 Å². The number of phenols is 1. The molecule has 0 aliphatic heterocycles. The molecule has 1 atom stereocenters. The number of rotatable bonds is 7. The zero-order chi connectivity index (χ0) is 20.1. The number of hydrogen-bond acceptors (Lipinski definition) is 7. The monoisotopic (exact) mass is 384 g/mol. The van der Waals surface area contributed by atoms with E-state index in [0.29, 0.717) is 34.8 Å². The molecule has 0 bridgehead atoms. The van der Waals surface area contributed by atoms with E-state index in [0.717, 1.165) is 6.20 Å². The number of aliphatic hydroxyl groups is 1. The van der Waals surface area contributed by atoms with Crippen LogP contribution >= 0.6 is 0 Å². The molecule has 146 valence electrons. The van der Waals surface area contributed by atoms with E-state index >= 15 is 0 Å². The van der Waals surface area contributed by atoms with E-state index in [1.807, 2.05) is 7.05 Å². The van der Waals surface area contributed by atoms with Crippen molar-refractivity contribution in [2.24, 2.45) is 12.0 Å². The number of aliphatic imine (C=N–C) groups is 1. The highest BCUT2D eigenvalue weighted by atomic mass is 19.1. The first-order valence-electron chi connectivity index (χ1n) is 8.66. The minimum absolute atomic E-state index is 0.138. The lowest BCUT2D eigenvalue weighted by Gasteiger charge is -2.13. The third kappa shape index (κ3) is 4.68. The number of benzene rings is 1. The van der Waals surface area contributed by atoms with Crippen LogP contribution in [0.1, 0.15) is 24.4 Å². The molecular weight excluding hydrogens is 363 g/mol. The van der Waals surface area contributed by atoms with Crippen molar-refractivity contribution in [3.63, 3.8) is 0 Å². The van der Waals surface area contributed by atoms with Crippen LogP contribution in [0.2, 0.25) is 0 Å². The molecule has 28 heavy (non-hydrogen) atoms. The van der Waals surface area contributed by atoms with Crippen molar-refractivity contribution in [1.82, 2.24) is 19.5 Å². The summed E-state index contributed by atoms with van der Waals surface area (Å²) >= 11 is 0. The van der Waals surface area contributed by atoms with E-state index in [9.17, 15) is 14.6 Å². The maximum Gasteiger partial charge on any atom is 0.165 e. The van der Waals surface area contributed by atoms with E-state index in [1.54, 1.807) is 23.0 Å². The summed E-state index contributed by atoms with van der Waals surface area (Å²) in [6.07, 6.45) is 3.80. The molecule has 1 unspecified atom stereocenters. The van der Waals surface area contributed by atoms with Crippen LogP contribution in [-0.2, 0) is 13.5 Å². The molecule has 0 saturated heterocycles. The fourth-order valence-electron chi connectivity index (χ4n) is 2.56. The highest BCUT2D eigenvalue weighted by molar-refractivity contribution is 5.83. The van der Waals surface area contributed by atoms with Crippen LogP contribution in [0.3, 0.4) is 0 Å². The molecule has 0 aliphatic carbocycles. The second-order valence-electron chi connectivity index (χ2n) is 6.26. The zero-order valence-corrected chi connectivity index (χ0v) is 15.5. The molecule has 0 saturated carbocycles. The fraction of sp³-hybridized carbons (Fsp3) is 0.263. The second kappa shape index (κ2) is 8.57. The highest BCUT2D eigenvalue weighted by Crippen LogP contribution is 2.21.